The van der Waals surface area contributed by atoms with Gasteiger partial charge >= 0.3 is 0 Å². The van der Waals surface area contributed by atoms with Crippen molar-refractivity contribution in [2.75, 3.05) is 5.32 Å². The molecule has 0 aliphatic rings. The molecule has 0 saturated carbocycles. The number of nitriles is 1. The van der Waals surface area contributed by atoms with Crippen LogP contribution < -0.4 is 5.32 Å². The van der Waals surface area contributed by atoms with E-state index in [0.29, 0.717) is 15.7 Å². The minimum atomic E-state index is -0.210. The summed E-state index contributed by atoms with van der Waals surface area (Å²) >= 11 is 2.71. The molecule has 0 saturated heterocycles. The summed E-state index contributed by atoms with van der Waals surface area (Å²) in [5, 5.41) is 22.2. The minimum absolute atomic E-state index is 0.210. The number of hydrogen-bond acceptors (Lipinski definition) is 6. The van der Waals surface area contributed by atoms with Crippen LogP contribution in [0.15, 0.2) is 17.5 Å². The first kappa shape index (κ1) is 12.4. The SMILES string of the molecule is CC(=O)Nc1nnc(/C(C#N)=C/c2cccs2)s1. The predicted octanol–water partition coefficient (Wildman–Crippen LogP) is 2.62. The van der Waals surface area contributed by atoms with Gasteiger partial charge < -0.3 is 5.32 Å². The quantitative estimate of drug-likeness (QED) is 0.874. The summed E-state index contributed by atoms with van der Waals surface area (Å²) < 4.78 is 0. The number of aromatic nitrogens is 2. The molecule has 2 aromatic heterocycles. The van der Waals surface area contributed by atoms with Gasteiger partial charge in [-0.3, -0.25) is 4.79 Å². The van der Waals surface area contributed by atoms with E-state index >= 15 is 0 Å². The molecule has 0 atom stereocenters. The summed E-state index contributed by atoms with van der Waals surface area (Å²) in [6, 6.07) is 5.91. The van der Waals surface area contributed by atoms with Crippen LogP contribution in [-0.4, -0.2) is 16.1 Å². The molecule has 0 aromatic carbocycles. The molecule has 0 bridgehead atoms. The van der Waals surface area contributed by atoms with E-state index < -0.39 is 0 Å². The first-order valence-electron chi connectivity index (χ1n) is 4.96. The average molecular weight is 276 g/mol. The third-order valence-electron chi connectivity index (χ3n) is 1.89. The Morgan fingerprint density at radius 3 is 3.00 bits per heavy atom. The molecule has 0 aliphatic heterocycles. The summed E-state index contributed by atoms with van der Waals surface area (Å²) in [7, 11) is 0. The molecule has 1 amide bonds. The fraction of sp³-hybridized carbons (Fsp3) is 0.0909. The van der Waals surface area contributed by atoms with E-state index in [4.69, 9.17) is 5.26 Å². The molecule has 1 N–H and O–H groups in total. The van der Waals surface area contributed by atoms with Crippen LogP contribution >= 0.6 is 22.7 Å². The first-order chi connectivity index (χ1) is 8.69. The second-order valence-electron chi connectivity index (χ2n) is 3.28. The maximum atomic E-state index is 10.9. The van der Waals surface area contributed by atoms with Crippen LogP contribution in [0.25, 0.3) is 11.6 Å². The number of hydrogen-bond donors (Lipinski definition) is 1. The number of nitrogens with one attached hydrogen (secondary N) is 1. The van der Waals surface area contributed by atoms with Gasteiger partial charge in [-0.15, -0.1) is 21.5 Å². The van der Waals surface area contributed by atoms with Crippen LogP contribution in [0.2, 0.25) is 0 Å². The van der Waals surface area contributed by atoms with Crippen molar-refractivity contribution in [2.45, 2.75) is 6.92 Å². The first-order valence-corrected chi connectivity index (χ1v) is 6.65. The standard InChI is InChI=1S/C11H8N4OS2/c1-7(16)13-11-15-14-10(18-11)8(6-12)5-9-3-2-4-17-9/h2-5H,1H3,(H,13,15,16)/b8-5+. The zero-order valence-electron chi connectivity index (χ0n) is 9.38. The molecule has 18 heavy (non-hydrogen) atoms. The van der Waals surface area contributed by atoms with E-state index in [1.807, 2.05) is 17.5 Å². The highest BCUT2D eigenvalue weighted by Crippen LogP contribution is 2.25. The molecule has 2 rings (SSSR count). The Balaban J connectivity index is 2.26. The smallest absolute Gasteiger partial charge is 0.223 e. The summed E-state index contributed by atoms with van der Waals surface area (Å²) in [4.78, 5) is 11.8. The topological polar surface area (TPSA) is 78.7 Å². The highest BCUT2D eigenvalue weighted by molar-refractivity contribution is 7.16. The summed E-state index contributed by atoms with van der Waals surface area (Å²) in [5.41, 5.74) is 0.437. The normalized spacial score (nSPS) is 11.0. The van der Waals surface area contributed by atoms with Crippen LogP contribution in [0.3, 0.4) is 0 Å². The Labute approximate surface area is 111 Å². The minimum Gasteiger partial charge on any atom is -0.301 e. The van der Waals surface area contributed by atoms with Crippen LogP contribution in [0, 0.1) is 11.3 Å². The number of nitrogens with zero attached hydrogens (tertiary/aromatic N) is 3. The van der Waals surface area contributed by atoms with E-state index in [1.54, 1.807) is 6.08 Å². The van der Waals surface area contributed by atoms with Gasteiger partial charge in [0.1, 0.15) is 6.07 Å². The summed E-state index contributed by atoms with van der Waals surface area (Å²) in [5.74, 6) is -0.210. The van der Waals surface area contributed by atoms with Crippen molar-refractivity contribution in [2.24, 2.45) is 0 Å². The monoisotopic (exact) mass is 276 g/mol. The second-order valence-corrected chi connectivity index (χ2v) is 5.24. The predicted molar refractivity (Wildman–Crippen MR) is 72.0 cm³/mol. The van der Waals surface area contributed by atoms with Crippen molar-refractivity contribution in [3.63, 3.8) is 0 Å². The molecular weight excluding hydrogens is 268 g/mol. The Morgan fingerprint density at radius 2 is 2.39 bits per heavy atom. The molecule has 2 heterocycles. The number of rotatable bonds is 3. The summed E-state index contributed by atoms with van der Waals surface area (Å²) in [6.07, 6.45) is 1.75. The van der Waals surface area contributed by atoms with E-state index in [1.165, 1.54) is 29.6 Å². The highest BCUT2D eigenvalue weighted by Gasteiger charge is 2.10. The Kier molecular flexibility index (Phi) is 3.82. The molecule has 0 aliphatic carbocycles. The Hall–Kier alpha value is -2.04. The zero-order chi connectivity index (χ0) is 13.0. The van der Waals surface area contributed by atoms with Crippen molar-refractivity contribution < 1.29 is 4.79 Å². The lowest BCUT2D eigenvalue weighted by Gasteiger charge is -1.91. The molecule has 90 valence electrons. The third-order valence-corrected chi connectivity index (χ3v) is 3.58. The lowest BCUT2D eigenvalue weighted by molar-refractivity contribution is -0.114. The van der Waals surface area contributed by atoms with E-state index in [9.17, 15) is 4.79 Å². The van der Waals surface area contributed by atoms with Crippen molar-refractivity contribution in [1.82, 2.24) is 10.2 Å². The number of carbonyl (C=O) groups excluding carboxylic acids is 1. The number of carbonyl (C=O) groups is 1. The Bertz CT molecular complexity index is 622. The van der Waals surface area contributed by atoms with Crippen LogP contribution in [0.4, 0.5) is 5.13 Å². The van der Waals surface area contributed by atoms with E-state index in [0.717, 1.165) is 4.88 Å². The molecule has 0 radical (unpaired) electrons. The number of amides is 1. The summed E-state index contributed by atoms with van der Waals surface area (Å²) in [6.45, 7) is 1.40. The molecule has 0 fully saturated rings. The van der Waals surface area contributed by atoms with Crippen LogP contribution in [0.5, 0.6) is 0 Å². The second kappa shape index (κ2) is 5.53. The van der Waals surface area contributed by atoms with E-state index in [-0.39, 0.29) is 5.91 Å². The molecule has 5 nitrogen and oxygen atoms in total. The van der Waals surface area contributed by atoms with Crippen molar-refractivity contribution in [3.8, 4) is 6.07 Å². The lowest BCUT2D eigenvalue weighted by Crippen LogP contribution is -2.04. The molecule has 2 aromatic rings. The highest BCUT2D eigenvalue weighted by atomic mass is 32.1. The van der Waals surface area contributed by atoms with E-state index in [2.05, 4.69) is 21.6 Å². The lowest BCUT2D eigenvalue weighted by atomic mass is 10.2. The van der Waals surface area contributed by atoms with Crippen molar-refractivity contribution in [3.05, 3.63) is 27.4 Å². The average Bonchev–Trinajstić information content (AvgIpc) is 2.96. The van der Waals surface area contributed by atoms with Gasteiger partial charge in [0.25, 0.3) is 0 Å². The third kappa shape index (κ3) is 3.00. The van der Waals surface area contributed by atoms with Crippen molar-refractivity contribution >= 4 is 45.4 Å². The fourth-order valence-electron chi connectivity index (χ4n) is 1.19. The van der Waals surface area contributed by atoms with Gasteiger partial charge in [0.2, 0.25) is 11.0 Å². The molecular formula is C11H8N4OS2. The van der Waals surface area contributed by atoms with Gasteiger partial charge in [-0.25, -0.2) is 0 Å². The molecule has 7 heteroatoms. The van der Waals surface area contributed by atoms with Gasteiger partial charge in [-0.1, -0.05) is 17.4 Å². The largest absolute Gasteiger partial charge is 0.301 e. The zero-order valence-corrected chi connectivity index (χ0v) is 11.0. The van der Waals surface area contributed by atoms with Gasteiger partial charge in [0.15, 0.2) is 5.01 Å². The Morgan fingerprint density at radius 1 is 1.56 bits per heavy atom. The molecule has 0 spiro atoms. The molecule has 0 unspecified atom stereocenters. The van der Waals surface area contributed by atoms with Gasteiger partial charge in [0.05, 0.1) is 5.57 Å². The van der Waals surface area contributed by atoms with Gasteiger partial charge in [-0.05, 0) is 17.5 Å². The maximum absolute atomic E-state index is 10.9. The van der Waals surface area contributed by atoms with Crippen molar-refractivity contribution in [1.29, 1.82) is 5.26 Å². The number of allylic oxidation sites excluding steroid dienone is 1. The maximum Gasteiger partial charge on any atom is 0.223 e. The number of anilines is 1. The number of thiophene rings is 1. The van der Waals surface area contributed by atoms with Gasteiger partial charge in [-0.2, -0.15) is 5.26 Å². The van der Waals surface area contributed by atoms with Crippen LogP contribution in [0.1, 0.15) is 16.8 Å². The van der Waals surface area contributed by atoms with Crippen LogP contribution in [-0.2, 0) is 4.79 Å². The van der Waals surface area contributed by atoms with Gasteiger partial charge in [0, 0.05) is 11.8 Å². The fourth-order valence-corrected chi connectivity index (χ4v) is 2.60.